The van der Waals surface area contributed by atoms with Crippen molar-refractivity contribution in [3.8, 4) is 0 Å². The van der Waals surface area contributed by atoms with Gasteiger partial charge in [0.15, 0.2) is 0 Å². The van der Waals surface area contributed by atoms with Gasteiger partial charge >= 0.3 is 23.9 Å². The summed E-state index contributed by atoms with van der Waals surface area (Å²) in [4.78, 5) is 54.7. The highest BCUT2D eigenvalue weighted by molar-refractivity contribution is 6.99. The van der Waals surface area contributed by atoms with Crippen LogP contribution in [0.25, 0.3) is 0 Å². The van der Waals surface area contributed by atoms with E-state index in [1.54, 1.807) is 0 Å². The molecule has 0 amide bonds. The van der Waals surface area contributed by atoms with Crippen molar-refractivity contribution >= 4 is 42.6 Å². The van der Waals surface area contributed by atoms with E-state index in [1.807, 2.05) is 36.4 Å². The Bertz CT molecular complexity index is 1540. The van der Waals surface area contributed by atoms with Crippen molar-refractivity contribution in [1.82, 2.24) is 0 Å². The van der Waals surface area contributed by atoms with Crippen LogP contribution in [0.5, 0.6) is 0 Å². The van der Waals surface area contributed by atoms with E-state index in [0.717, 1.165) is 139 Å². The number of carbonyl (C=O) groups is 4. The van der Waals surface area contributed by atoms with E-state index < -0.39 is 37.1 Å². The average molecular weight is 980 g/mol. The maximum absolute atomic E-state index is 14.1. The van der Waals surface area contributed by atoms with Gasteiger partial charge in [-0.1, -0.05) is 232 Å². The van der Waals surface area contributed by atoms with Gasteiger partial charge in [-0.15, -0.1) is 0 Å². The zero-order valence-corrected chi connectivity index (χ0v) is 46.0. The third kappa shape index (κ3) is 24.9. The second kappa shape index (κ2) is 36.4. The van der Waals surface area contributed by atoms with Gasteiger partial charge in [-0.2, -0.15) is 0 Å². The Hall–Kier alpha value is -3.50. The quantitative estimate of drug-likeness (QED) is 0.0211. The van der Waals surface area contributed by atoms with Gasteiger partial charge in [0, 0.05) is 12.8 Å². The van der Waals surface area contributed by atoms with Gasteiger partial charge in [0.1, 0.15) is 26.2 Å². The third-order valence-corrected chi connectivity index (χ3v) is 18.7. The van der Waals surface area contributed by atoms with Crippen LogP contribution in [0.4, 0.5) is 0 Å². The molecule has 69 heavy (non-hydrogen) atoms. The lowest BCUT2D eigenvalue weighted by Gasteiger charge is -2.45. The summed E-state index contributed by atoms with van der Waals surface area (Å²) in [6.45, 7) is 17.0. The summed E-state index contributed by atoms with van der Waals surface area (Å²) in [5, 5.41) is 1.70. The smallest absolute Gasteiger partial charge is 0.317 e. The van der Waals surface area contributed by atoms with Gasteiger partial charge in [-0.3, -0.25) is 19.2 Å². The minimum Gasteiger partial charge on any atom is -0.465 e. The predicted octanol–water partition coefficient (Wildman–Crippen LogP) is 14.2. The zero-order valence-electron chi connectivity index (χ0n) is 45.0. The monoisotopic (exact) mass is 979 g/mol. The second-order valence-corrected chi connectivity index (χ2v) is 25.4. The molecule has 0 fully saturated rings. The number of hydrogen-bond acceptors (Lipinski definition) is 9. The molecular weight excluding hydrogens is 881 g/mol. The Labute approximate surface area is 421 Å². The molecule has 0 saturated heterocycles. The molecule has 0 unspecified atom stereocenters. The lowest BCUT2D eigenvalue weighted by molar-refractivity contribution is -0.166. The van der Waals surface area contributed by atoms with Crippen molar-refractivity contribution in [1.29, 1.82) is 0 Å². The predicted molar refractivity (Wildman–Crippen MR) is 285 cm³/mol. The van der Waals surface area contributed by atoms with Crippen LogP contribution in [0.2, 0.25) is 5.04 Å². The summed E-state index contributed by atoms with van der Waals surface area (Å²) in [7, 11) is -3.21. The van der Waals surface area contributed by atoms with Gasteiger partial charge < -0.3 is 23.4 Å². The number of benzene rings is 2. The number of ether oxygens (including phenoxy) is 4. The Kier molecular flexibility index (Phi) is 32.5. The molecule has 0 aliphatic heterocycles. The van der Waals surface area contributed by atoms with Crippen LogP contribution in [0.3, 0.4) is 0 Å². The molecule has 0 N–H and O–H groups in total. The third-order valence-electron chi connectivity index (χ3n) is 13.7. The lowest BCUT2D eigenvalue weighted by Crippen LogP contribution is -2.67. The standard InChI is InChI=1S/C59H98O9Si/c1-9-14-19-20-21-22-33-42-64-56(62)45-57(63)67-48-59(46-65-54(60)43-50(34-25-15-10-2)35-26-16-11-3,47-66-55(61)44-51(36-27-17-12-4)37-28-18-13-5)49-68-69(58(6,7)8,52-38-29-23-30-39-52)53-40-31-24-32-41-53/h23-24,29-32,38-41,50-51H,9-22,25-28,33-37,42-49H2,1-8H3. The Morgan fingerprint density at radius 3 is 1.17 bits per heavy atom. The Morgan fingerprint density at radius 2 is 0.783 bits per heavy atom. The molecule has 0 atom stereocenters. The second-order valence-electron chi connectivity index (χ2n) is 21.1. The summed E-state index contributed by atoms with van der Waals surface area (Å²) in [6.07, 6.45) is 24.5. The summed E-state index contributed by atoms with van der Waals surface area (Å²) in [5.74, 6) is -1.68. The molecule has 2 aromatic carbocycles. The molecule has 0 aromatic heterocycles. The van der Waals surface area contributed by atoms with Crippen molar-refractivity contribution in [2.45, 2.75) is 227 Å². The van der Waals surface area contributed by atoms with Crippen molar-refractivity contribution in [3.63, 3.8) is 0 Å². The minimum absolute atomic E-state index is 0.0519. The van der Waals surface area contributed by atoms with E-state index in [9.17, 15) is 19.2 Å². The molecule has 0 spiro atoms. The normalized spacial score (nSPS) is 12.1. The first-order valence-electron chi connectivity index (χ1n) is 27.7. The highest BCUT2D eigenvalue weighted by Gasteiger charge is 2.52. The molecule has 0 aliphatic rings. The number of unbranched alkanes of at least 4 members (excludes halogenated alkanes) is 14. The average Bonchev–Trinajstić information content (AvgIpc) is 3.33. The molecule has 10 heteroatoms. The fraction of sp³-hybridized carbons (Fsp3) is 0.729. The number of carbonyl (C=O) groups excluding carboxylic acids is 4. The number of esters is 4. The van der Waals surface area contributed by atoms with Gasteiger partial charge in [0.2, 0.25) is 0 Å². The van der Waals surface area contributed by atoms with E-state index in [2.05, 4.69) is 79.7 Å². The van der Waals surface area contributed by atoms with Crippen LogP contribution >= 0.6 is 0 Å². The summed E-state index contributed by atoms with van der Waals surface area (Å²) >= 11 is 0. The molecule has 0 bridgehead atoms. The van der Waals surface area contributed by atoms with Crippen LogP contribution in [-0.2, 0) is 42.6 Å². The van der Waals surface area contributed by atoms with Gasteiger partial charge in [-0.25, -0.2) is 0 Å². The summed E-state index contributed by atoms with van der Waals surface area (Å²) < 4.78 is 31.6. The van der Waals surface area contributed by atoms with Crippen LogP contribution in [0.1, 0.15) is 222 Å². The van der Waals surface area contributed by atoms with E-state index in [0.29, 0.717) is 0 Å². The van der Waals surface area contributed by atoms with Gasteiger partial charge in [0.25, 0.3) is 8.32 Å². The summed E-state index contributed by atoms with van der Waals surface area (Å²) in [6, 6.07) is 20.5. The summed E-state index contributed by atoms with van der Waals surface area (Å²) in [5.41, 5.74) is -1.31. The molecule has 0 radical (unpaired) electrons. The van der Waals surface area contributed by atoms with E-state index in [-0.39, 0.29) is 69.7 Å². The van der Waals surface area contributed by atoms with Crippen molar-refractivity contribution < 1.29 is 42.6 Å². The van der Waals surface area contributed by atoms with E-state index in [4.69, 9.17) is 23.4 Å². The molecule has 2 rings (SSSR count). The van der Waals surface area contributed by atoms with Crippen LogP contribution in [-0.4, -0.2) is 65.2 Å². The van der Waals surface area contributed by atoms with Crippen molar-refractivity contribution in [3.05, 3.63) is 60.7 Å². The minimum atomic E-state index is -3.21. The largest absolute Gasteiger partial charge is 0.465 e. The van der Waals surface area contributed by atoms with Crippen LogP contribution in [0.15, 0.2) is 60.7 Å². The SMILES string of the molecule is CCCCCCCCCOC(=O)CC(=O)OCC(COC(=O)CC(CCCCC)CCCCC)(COC(=O)CC(CCCCC)CCCCC)CO[Si](c1ccccc1)(c1ccccc1)C(C)(C)C. The fourth-order valence-corrected chi connectivity index (χ4v) is 14.1. The Balaban J connectivity index is 2.60. The van der Waals surface area contributed by atoms with Crippen LogP contribution < -0.4 is 10.4 Å². The maximum Gasteiger partial charge on any atom is 0.317 e. The molecule has 0 saturated carbocycles. The first-order chi connectivity index (χ1) is 33.3. The molecule has 9 nitrogen and oxygen atoms in total. The first kappa shape index (κ1) is 61.6. The van der Waals surface area contributed by atoms with E-state index >= 15 is 0 Å². The molecule has 0 aliphatic carbocycles. The van der Waals surface area contributed by atoms with Gasteiger partial charge in [-0.05, 0) is 59.4 Å². The topological polar surface area (TPSA) is 114 Å². The van der Waals surface area contributed by atoms with Crippen molar-refractivity contribution in [2.24, 2.45) is 17.3 Å². The maximum atomic E-state index is 14.1. The zero-order chi connectivity index (χ0) is 50.6. The highest BCUT2D eigenvalue weighted by atomic mass is 28.4. The number of hydrogen-bond donors (Lipinski definition) is 0. The number of rotatable bonds is 41. The highest BCUT2D eigenvalue weighted by Crippen LogP contribution is 2.38. The Morgan fingerprint density at radius 1 is 0.435 bits per heavy atom. The first-order valence-corrected chi connectivity index (χ1v) is 29.6. The van der Waals surface area contributed by atoms with Crippen molar-refractivity contribution in [2.75, 3.05) is 33.0 Å². The molecule has 0 heterocycles. The lowest BCUT2D eigenvalue weighted by atomic mass is 9.90. The van der Waals surface area contributed by atoms with E-state index in [1.165, 1.54) is 19.3 Å². The molecule has 2 aromatic rings. The molecule has 392 valence electrons. The fourth-order valence-electron chi connectivity index (χ4n) is 9.46. The molecular formula is C59H98O9Si. The van der Waals surface area contributed by atoms with Gasteiger partial charge in [0.05, 0.1) is 18.6 Å². The van der Waals surface area contributed by atoms with Crippen LogP contribution in [0, 0.1) is 17.3 Å².